The third-order valence-corrected chi connectivity index (χ3v) is 1.82. The summed E-state index contributed by atoms with van der Waals surface area (Å²) in [4.78, 5) is 0. The van der Waals surface area contributed by atoms with Gasteiger partial charge in [-0.05, 0) is 20.8 Å². The molecule has 0 aliphatic carbocycles. The van der Waals surface area contributed by atoms with Gasteiger partial charge < -0.3 is 5.32 Å². The molecule has 0 heterocycles. The molecule has 0 aliphatic rings. The monoisotopic (exact) mass is 240 g/mol. The van der Waals surface area contributed by atoms with E-state index in [0.29, 0.717) is 0 Å². The van der Waals surface area contributed by atoms with Gasteiger partial charge >= 0.3 is 0 Å². The molecule has 0 bridgehead atoms. The van der Waals surface area contributed by atoms with E-state index in [2.05, 4.69) is 0 Å². The van der Waals surface area contributed by atoms with Gasteiger partial charge in [0.2, 0.25) is 34.8 Å². The SMILES string of the molecule is CC(C)(C)[NH2+]c1c(F)c(F)c(F)c(F)c1F. The van der Waals surface area contributed by atoms with Crippen LogP contribution in [0.5, 0.6) is 0 Å². The average Bonchev–Trinajstić information content (AvgIpc) is 2.17. The van der Waals surface area contributed by atoms with E-state index < -0.39 is 40.3 Å². The zero-order chi connectivity index (χ0) is 12.7. The van der Waals surface area contributed by atoms with Crippen molar-refractivity contribution in [3.05, 3.63) is 29.1 Å². The van der Waals surface area contributed by atoms with Crippen molar-refractivity contribution in [2.45, 2.75) is 26.3 Å². The number of hydrogen-bond acceptors (Lipinski definition) is 0. The zero-order valence-corrected chi connectivity index (χ0v) is 8.97. The van der Waals surface area contributed by atoms with E-state index in [1.54, 1.807) is 20.8 Å². The molecule has 90 valence electrons. The topological polar surface area (TPSA) is 16.6 Å². The van der Waals surface area contributed by atoms with Crippen LogP contribution < -0.4 is 5.32 Å². The summed E-state index contributed by atoms with van der Waals surface area (Å²) in [6.07, 6.45) is 0. The summed E-state index contributed by atoms with van der Waals surface area (Å²) in [5.41, 5.74) is -1.58. The van der Waals surface area contributed by atoms with Gasteiger partial charge in [-0.2, -0.15) is 8.78 Å². The number of quaternary nitrogens is 1. The predicted octanol–water partition coefficient (Wildman–Crippen LogP) is 2.38. The Bertz CT molecular complexity index is 393. The molecular formula is C10H11F5N+. The van der Waals surface area contributed by atoms with Gasteiger partial charge in [0, 0.05) is 0 Å². The Morgan fingerprint density at radius 1 is 0.688 bits per heavy atom. The molecule has 1 nitrogen and oxygen atoms in total. The third-order valence-electron chi connectivity index (χ3n) is 1.82. The van der Waals surface area contributed by atoms with Gasteiger partial charge in [-0.15, -0.1) is 0 Å². The van der Waals surface area contributed by atoms with Gasteiger partial charge in [-0.3, -0.25) is 0 Å². The van der Waals surface area contributed by atoms with Crippen LogP contribution in [-0.2, 0) is 0 Å². The molecule has 0 aromatic heterocycles. The second-order valence-electron chi connectivity index (χ2n) is 4.49. The van der Waals surface area contributed by atoms with Crippen molar-refractivity contribution in [2.75, 3.05) is 0 Å². The fourth-order valence-corrected chi connectivity index (χ4v) is 1.18. The molecular weight excluding hydrogens is 229 g/mol. The summed E-state index contributed by atoms with van der Waals surface area (Å²) in [5.74, 6) is -9.58. The highest BCUT2D eigenvalue weighted by molar-refractivity contribution is 5.35. The molecule has 0 aliphatic heterocycles. The summed E-state index contributed by atoms with van der Waals surface area (Å²) in [7, 11) is 0. The second kappa shape index (κ2) is 4.01. The van der Waals surface area contributed by atoms with Gasteiger partial charge in [-0.25, -0.2) is 13.2 Å². The molecule has 0 amide bonds. The molecule has 16 heavy (non-hydrogen) atoms. The fourth-order valence-electron chi connectivity index (χ4n) is 1.18. The standard InChI is InChI=1S/C10H10F5N/c1-10(2,3)16-9-7(14)5(12)4(11)6(13)8(9)15/h16H,1-3H3/p+1. The van der Waals surface area contributed by atoms with Gasteiger partial charge in [-0.1, -0.05) is 0 Å². The quantitative estimate of drug-likeness (QED) is 0.336. The number of hydrogen-bond donors (Lipinski definition) is 1. The normalized spacial score (nSPS) is 12.0. The molecule has 0 atom stereocenters. The maximum atomic E-state index is 13.2. The van der Waals surface area contributed by atoms with E-state index in [4.69, 9.17) is 0 Å². The minimum atomic E-state index is -2.14. The van der Waals surface area contributed by atoms with Crippen LogP contribution in [0.3, 0.4) is 0 Å². The Kier molecular flexibility index (Phi) is 3.23. The van der Waals surface area contributed by atoms with Crippen LogP contribution in [-0.4, -0.2) is 5.54 Å². The van der Waals surface area contributed by atoms with Crippen molar-refractivity contribution >= 4 is 5.69 Å². The predicted molar refractivity (Wildman–Crippen MR) is 47.6 cm³/mol. The molecule has 1 rings (SSSR count). The highest BCUT2D eigenvalue weighted by atomic mass is 19.2. The summed E-state index contributed by atoms with van der Waals surface area (Å²) in [6.45, 7) is 4.77. The Hall–Kier alpha value is -1.17. The molecule has 0 unspecified atom stereocenters. The number of rotatable bonds is 1. The number of halogens is 5. The van der Waals surface area contributed by atoms with E-state index in [1.165, 1.54) is 0 Å². The molecule has 0 saturated carbocycles. The van der Waals surface area contributed by atoms with Gasteiger partial charge in [0.25, 0.3) is 0 Å². The Labute approximate surface area is 89.3 Å². The first-order chi connectivity index (χ1) is 7.15. The van der Waals surface area contributed by atoms with E-state index in [-0.39, 0.29) is 0 Å². The van der Waals surface area contributed by atoms with Crippen molar-refractivity contribution < 1.29 is 27.3 Å². The number of benzene rings is 1. The lowest BCUT2D eigenvalue weighted by atomic mass is 10.1. The molecule has 0 spiro atoms. The van der Waals surface area contributed by atoms with Crippen molar-refractivity contribution in [1.82, 2.24) is 0 Å². The van der Waals surface area contributed by atoms with Gasteiger partial charge in [0.1, 0.15) is 0 Å². The Balaban J connectivity index is 3.40. The largest absolute Gasteiger partial charge is 0.304 e. The zero-order valence-electron chi connectivity index (χ0n) is 8.97. The van der Waals surface area contributed by atoms with E-state index in [1.807, 2.05) is 0 Å². The van der Waals surface area contributed by atoms with Crippen LogP contribution in [0.1, 0.15) is 20.8 Å². The van der Waals surface area contributed by atoms with Crippen LogP contribution in [0.25, 0.3) is 0 Å². The van der Waals surface area contributed by atoms with Crippen LogP contribution in [0.2, 0.25) is 0 Å². The first-order valence-corrected chi connectivity index (χ1v) is 4.52. The average molecular weight is 240 g/mol. The molecule has 0 saturated heterocycles. The lowest BCUT2D eigenvalue weighted by molar-refractivity contribution is -0.645. The van der Waals surface area contributed by atoms with Crippen molar-refractivity contribution in [3.63, 3.8) is 0 Å². The van der Waals surface area contributed by atoms with Crippen molar-refractivity contribution in [2.24, 2.45) is 0 Å². The van der Waals surface area contributed by atoms with Crippen molar-refractivity contribution in [1.29, 1.82) is 0 Å². The summed E-state index contributed by atoms with van der Waals surface area (Å²) in [6, 6.07) is 0. The first-order valence-electron chi connectivity index (χ1n) is 4.52. The molecule has 1 aromatic carbocycles. The minimum Gasteiger partial charge on any atom is -0.304 e. The maximum absolute atomic E-state index is 13.2. The molecule has 0 radical (unpaired) electrons. The molecule has 2 N–H and O–H groups in total. The lowest BCUT2D eigenvalue weighted by Gasteiger charge is -2.17. The fraction of sp³-hybridized carbons (Fsp3) is 0.400. The molecule has 6 heteroatoms. The highest BCUT2D eigenvalue weighted by Gasteiger charge is 2.31. The van der Waals surface area contributed by atoms with Gasteiger partial charge in [0.05, 0.1) is 5.54 Å². The smallest absolute Gasteiger partial charge is 0.225 e. The Morgan fingerprint density at radius 3 is 1.31 bits per heavy atom. The van der Waals surface area contributed by atoms with E-state index >= 15 is 0 Å². The summed E-state index contributed by atoms with van der Waals surface area (Å²) in [5, 5.41) is 1.00. The number of nitrogens with two attached hydrogens (primary N) is 1. The van der Waals surface area contributed by atoms with Crippen LogP contribution in [0, 0.1) is 29.1 Å². The third kappa shape index (κ3) is 2.32. The van der Waals surface area contributed by atoms with Crippen LogP contribution >= 0.6 is 0 Å². The summed E-state index contributed by atoms with van der Waals surface area (Å²) < 4.78 is 64.6. The molecule has 1 aromatic rings. The summed E-state index contributed by atoms with van der Waals surface area (Å²) >= 11 is 0. The molecule has 0 fully saturated rings. The first kappa shape index (κ1) is 12.9. The highest BCUT2D eigenvalue weighted by Crippen LogP contribution is 2.24. The van der Waals surface area contributed by atoms with Crippen LogP contribution in [0.15, 0.2) is 0 Å². The van der Waals surface area contributed by atoms with Gasteiger partial charge in [0.15, 0.2) is 0 Å². The van der Waals surface area contributed by atoms with E-state index in [9.17, 15) is 22.0 Å². The van der Waals surface area contributed by atoms with Crippen molar-refractivity contribution in [3.8, 4) is 0 Å². The lowest BCUT2D eigenvalue weighted by Crippen LogP contribution is -2.90. The van der Waals surface area contributed by atoms with Crippen LogP contribution in [0.4, 0.5) is 27.6 Å². The van der Waals surface area contributed by atoms with E-state index in [0.717, 1.165) is 5.32 Å². The minimum absolute atomic E-state index is 0.696. The maximum Gasteiger partial charge on any atom is 0.225 e. The Morgan fingerprint density at radius 2 is 1.00 bits per heavy atom. The second-order valence-corrected chi connectivity index (χ2v) is 4.49.